The predicted molar refractivity (Wildman–Crippen MR) is 322 cm³/mol. The second-order valence-electron chi connectivity index (χ2n) is 21.7. The lowest BCUT2D eigenvalue weighted by Gasteiger charge is -2.32. The van der Waals surface area contributed by atoms with Crippen LogP contribution in [0.1, 0.15) is 163 Å². The monoisotopic (exact) mass is 985 g/mol. The molecular formula is C68H78N2P2. The van der Waals surface area contributed by atoms with Crippen LogP contribution >= 0.6 is 16.1 Å². The number of hydrogen-bond acceptors (Lipinski definition) is 2. The minimum Gasteiger partial charge on any atom is -0.356 e. The van der Waals surface area contributed by atoms with Crippen molar-refractivity contribution < 1.29 is 0 Å². The van der Waals surface area contributed by atoms with Crippen molar-refractivity contribution in [1.29, 1.82) is 0 Å². The molecule has 0 spiro atoms. The van der Waals surface area contributed by atoms with E-state index in [2.05, 4.69) is 277 Å². The van der Waals surface area contributed by atoms with E-state index >= 15 is 0 Å². The van der Waals surface area contributed by atoms with Gasteiger partial charge in [0.25, 0.3) is 0 Å². The van der Waals surface area contributed by atoms with Crippen LogP contribution < -0.4 is 31.4 Å². The molecule has 0 saturated heterocycles. The third-order valence-corrected chi connectivity index (χ3v) is 18.5. The van der Waals surface area contributed by atoms with E-state index in [1.165, 1.54) is 110 Å². The number of hydrogen-bond donors (Lipinski definition) is 2. The lowest BCUT2D eigenvalue weighted by Crippen LogP contribution is -2.19. The van der Waals surface area contributed by atoms with E-state index in [1.54, 1.807) is 0 Å². The quantitative estimate of drug-likeness (QED) is 0.0889. The Hall–Kier alpha value is -5.78. The molecule has 0 atom stereocenters. The van der Waals surface area contributed by atoms with Crippen LogP contribution in [0.25, 0.3) is 33.4 Å². The normalized spacial score (nSPS) is 11.9. The maximum atomic E-state index is 4.51. The fraction of sp³-hybridized carbons (Fsp3) is 0.294. The summed E-state index contributed by atoms with van der Waals surface area (Å²) in [7, 11) is -2.17. The van der Waals surface area contributed by atoms with E-state index in [0.717, 1.165) is 0 Å². The second kappa shape index (κ2) is 23.0. The highest BCUT2D eigenvalue weighted by Crippen LogP contribution is 2.55. The van der Waals surface area contributed by atoms with Crippen LogP contribution in [0.4, 0.5) is 11.4 Å². The largest absolute Gasteiger partial charge is 0.356 e. The molecule has 0 saturated carbocycles. The van der Waals surface area contributed by atoms with Gasteiger partial charge in [-0.25, -0.2) is 0 Å². The molecule has 0 aliphatic rings. The first-order chi connectivity index (χ1) is 34.5. The van der Waals surface area contributed by atoms with E-state index in [1.807, 2.05) is 0 Å². The molecule has 0 bridgehead atoms. The number of benzene rings is 8. The lowest BCUT2D eigenvalue weighted by atomic mass is 9.78. The Morgan fingerprint density at radius 3 is 0.764 bits per heavy atom. The SMILES string of the molecule is Cc1ccc(-c2c(C(C)C)cc(C(C)C)cc2C(C)C)c(NP(c2ccccc2)c2ccccc2)c1-c1c(C)ccc(-c2c(C(C)C)cc(C(C)C)cc2C(C)C)c1NP(c1ccccc1)c1ccccc1. The van der Waals surface area contributed by atoms with Crippen LogP contribution in [-0.4, -0.2) is 0 Å². The van der Waals surface area contributed by atoms with Crippen LogP contribution in [0.3, 0.4) is 0 Å². The first kappa shape index (κ1) is 52.5. The van der Waals surface area contributed by atoms with Crippen LogP contribution in [0.2, 0.25) is 0 Å². The first-order valence-corrected chi connectivity index (χ1v) is 29.2. The molecule has 0 aliphatic carbocycles. The summed E-state index contributed by atoms with van der Waals surface area (Å²) in [5.74, 6) is 2.04. The fourth-order valence-corrected chi connectivity index (χ4v) is 14.2. The van der Waals surface area contributed by atoms with Crippen LogP contribution in [0.5, 0.6) is 0 Å². The van der Waals surface area contributed by atoms with Gasteiger partial charge in [-0.15, -0.1) is 0 Å². The van der Waals surface area contributed by atoms with Gasteiger partial charge in [0.15, 0.2) is 0 Å². The molecule has 2 nitrogen and oxygen atoms in total. The molecule has 0 unspecified atom stereocenters. The molecule has 8 aromatic rings. The summed E-state index contributed by atoms with van der Waals surface area (Å²) >= 11 is 0. The van der Waals surface area contributed by atoms with Gasteiger partial charge in [0.2, 0.25) is 0 Å². The summed E-state index contributed by atoms with van der Waals surface area (Å²) in [4.78, 5) is 0. The average Bonchev–Trinajstić information content (AvgIpc) is 3.37. The zero-order chi connectivity index (χ0) is 51.4. The minimum atomic E-state index is -1.08. The molecule has 8 rings (SSSR count). The van der Waals surface area contributed by atoms with Gasteiger partial charge in [0.1, 0.15) is 0 Å². The van der Waals surface area contributed by atoms with E-state index in [9.17, 15) is 0 Å². The summed E-state index contributed by atoms with van der Waals surface area (Å²) in [5, 5.41) is 14.2. The molecule has 370 valence electrons. The van der Waals surface area contributed by atoms with Gasteiger partial charge in [0, 0.05) is 43.5 Å². The summed E-state index contributed by atoms with van der Waals surface area (Å²) in [6.07, 6.45) is 0. The van der Waals surface area contributed by atoms with Crippen LogP contribution in [0.15, 0.2) is 170 Å². The molecule has 8 aromatic carbocycles. The molecule has 72 heavy (non-hydrogen) atoms. The van der Waals surface area contributed by atoms with E-state index < -0.39 is 16.1 Å². The maximum absolute atomic E-state index is 4.51. The summed E-state index contributed by atoms with van der Waals surface area (Å²) in [6.45, 7) is 33.1. The Morgan fingerprint density at radius 2 is 0.542 bits per heavy atom. The number of rotatable bonds is 17. The van der Waals surface area contributed by atoms with Crippen molar-refractivity contribution in [2.75, 3.05) is 10.2 Å². The Bertz CT molecular complexity index is 2750. The summed E-state index contributed by atoms with van der Waals surface area (Å²) in [5.41, 5.74) is 21.0. The molecule has 0 heterocycles. The standard InChI is InChI=1S/C68H78N2P2/c1-43(2)51-39-59(45(5)6)65(60(40-51)46(7)8)57-37-35-49(13)63(67(57)69-71(53-27-19-15-20-28-53)54-29-21-16-22-30-54)64-50(14)36-38-58(66-61(47(9)10)41-52(44(3)4)42-62(66)48(11)12)68(64)70-72(55-31-23-17-24-32-55)56-33-25-18-26-34-56/h15-48,69-70H,1-14H3. The van der Waals surface area contributed by atoms with Crippen molar-refractivity contribution in [3.8, 4) is 33.4 Å². The predicted octanol–water partition coefficient (Wildman–Crippen LogP) is 19.0. The Labute approximate surface area is 436 Å². The van der Waals surface area contributed by atoms with Gasteiger partial charge >= 0.3 is 0 Å². The van der Waals surface area contributed by atoms with E-state index in [4.69, 9.17) is 0 Å². The molecule has 0 fully saturated rings. The highest BCUT2D eigenvalue weighted by Gasteiger charge is 2.31. The van der Waals surface area contributed by atoms with Gasteiger partial charge in [-0.2, -0.15) is 0 Å². The second-order valence-corrected chi connectivity index (χ2v) is 25.5. The minimum absolute atomic E-state index is 0.305. The molecule has 4 heteroatoms. The van der Waals surface area contributed by atoms with E-state index in [0.29, 0.717) is 35.5 Å². The average molecular weight is 985 g/mol. The zero-order valence-corrected chi connectivity index (χ0v) is 47.3. The highest BCUT2D eigenvalue weighted by atomic mass is 31.1. The van der Waals surface area contributed by atoms with Crippen LogP contribution in [-0.2, 0) is 0 Å². The van der Waals surface area contributed by atoms with Gasteiger partial charge in [-0.3, -0.25) is 0 Å². The van der Waals surface area contributed by atoms with E-state index in [-0.39, 0.29) is 0 Å². The Balaban J connectivity index is 1.58. The molecule has 2 N–H and O–H groups in total. The number of anilines is 2. The van der Waals surface area contributed by atoms with Crippen molar-refractivity contribution >= 4 is 48.7 Å². The fourth-order valence-electron chi connectivity index (χ4n) is 10.3. The van der Waals surface area contributed by atoms with Crippen LogP contribution in [0, 0.1) is 13.8 Å². The number of nitrogens with one attached hydrogen (secondary N) is 2. The van der Waals surface area contributed by atoms with Gasteiger partial charge < -0.3 is 10.2 Å². The first-order valence-electron chi connectivity index (χ1n) is 26.5. The number of aryl methyl sites for hydroxylation is 2. The zero-order valence-electron chi connectivity index (χ0n) is 45.5. The Kier molecular flexibility index (Phi) is 16.8. The van der Waals surface area contributed by atoms with Crippen molar-refractivity contribution in [2.24, 2.45) is 0 Å². The third kappa shape index (κ3) is 11.1. The summed E-state index contributed by atoms with van der Waals surface area (Å²) in [6, 6.07) is 64.4. The molecule has 0 radical (unpaired) electrons. The molecular weight excluding hydrogens is 907 g/mol. The smallest absolute Gasteiger partial charge is 0.0540 e. The molecule has 0 aliphatic heterocycles. The van der Waals surface area contributed by atoms with Crippen molar-refractivity contribution in [3.05, 3.63) is 214 Å². The molecule has 0 amide bonds. The lowest BCUT2D eigenvalue weighted by molar-refractivity contribution is 0.807. The Morgan fingerprint density at radius 1 is 0.292 bits per heavy atom. The summed E-state index contributed by atoms with van der Waals surface area (Å²) < 4.78 is 0. The van der Waals surface area contributed by atoms with Gasteiger partial charge in [0.05, 0.1) is 27.5 Å². The van der Waals surface area contributed by atoms with Crippen molar-refractivity contribution in [3.63, 3.8) is 0 Å². The van der Waals surface area contributed by atoms with Gasteiger partial charge in [-0.1, -0.05) is 253 Å². The van der Waals surface area contributed by atoms with Crippen molar-refractivity contribution in [2.45, 2.75) is 132 Å². The maximum Gasteiger partial charge on any atom is 0.0540 e. The van der Waals surface area contributed by atoms with Crippen molar-refractivity contribution in [1.82, 2.24) is 0 Å². The topological polar surface area (TPSA) is 24.1 Å². The molecule has 0 aromatic heterocycles. The highest BCUT2D eigenvalue weighted by molar-refractivity contribution is 7.74. The third-order valence-electron chi connectivity index (χ3n) is 14.4. The van der Waals surface area contributed by atoms with Gasteiger partial charge in [-0.05, 0) is 105 Å².